The second-order valence-corrected chi connectivity index (χ2v) is 7.01. The number of hydrogen-bond acceptors (Lipinski definition) is 6. The van der Waals surface area contributed by atoms with Gasteiger partial charge in [-0.05, 0) is 37.3 Å². The van der Waals surface area contributed by atoms with Crippen molar-refractivity contribution in [3.05, 3.63) is 60.8 Å². The highest BCUT2D eigenvalue weighted by molar-refractivity contribution is 5.71. The van der Waals surface area contributed by atoms with Gasteiger partial charge in [-0.2, -0.15) is 19.7 Å². The molecule has 0 saturated heterocycles. The Balaban J connectivity index is 0.000000294. The molecule has 3 aromatic rings. The Morgan fingerprint density at radius 3 is 2.90 bits per heavy atom. The quantitative estimate of drug-likeness (QED) is 0.652. The minimum absolute atomic E-state index is 0.559. The van der Waals surface area contributed by atoms with E-state index in [1.54, 1.807) is 21.7 Å². The number of aromatic nitrogens is 5. The molecule has 1 aliphatic heterocycles. The zero-order valence-corrected chi connectivity index (χ0v) is 16.5. The van der Waals surface area contributed by atoms with Crippen LogP contribution in [-0.4, -0.2) is 37.1 Å². The van der Waals surface area contributed by atoms with Crippen molar-refractivity contribution in [2.75, 3.05) is 11.9 Å². The van der Waals surface area contributed by atoms with Gasteiger partial charge < -0.3 is 10.1 Å². The lowest BCUT2D eigenvalue weighted by Crippen LogP contribution is -2.06. The van der Waals surface area contributed by atoms with Crippen molar-refractivity contribution in [2.24, 2.45) is 18.0 Å². The molecule has 29 heavy (non-hydrogen) atoms. The first-order valence-electron chi connectivity index (χ1n) is 9.82. The zero-order chi connectivity index (χ0) is 19.9. The number of rotatable bonds is 6. The molecule has 0 atom stereocenters. The molecule has 5 rings (SSSR count). The Morgan fingerprint density at radius 2 is 2.24 bits per heavy atom. The SMILES string of the molecule is C1=CCCN=C1.Cn1cc(CNc2cc(OC=CC3CC3)nc3ccnn23)cn1. The number of hydrogen-bond donors (Lipinski definition) is 1. The molecule has 1 saturated carbocycles. The van der Waals surface area contributed by atoms with Gasteiger partial charge in [-0.15, -0.1) is 0 Å². The maximum Gasteiger partial charge on any atom is 0.224 e. The van der Waals surface area contributed by atoms with Crippen LogP contribution in [0, 0.1) is 5.92 Å². The number of allylic oxidation sites excluding steroid dienone is 2. The summed E-state index contributed by atoms with van der Waals surface area (Å²) >= 11 is 0. The van der Waals surface area contributed by atoms with Gasteiger partial charge in [0.05, 0.1) is 18.7 Å². The van der Waals surface area contributed by atoms with Crippen molar-refractivity contribution in [1.82, 2.24) is 24.4 Å². The second-order valence-electron chi connectivity index (χ2n) is 7.01. The van der Waals surface area contributed by atoms with E-state index in [0.29, 0.717) is 18.3 Å². The molecule has 8 nitrogen and oxygen atoms in total. The molecule has 1 aliphatic carbocycles. The monoisotopic (exact) mass is 391 g/mol. The highest BCUT2D eigenvalue weighted by Gasteiger charge is 2.17. The van der Waals surface area contributed by atoms with Crippen LogP contribution < -0.4 is 10.1 Å². The van der Waals surface area contributed by atoms with Crippen LogP contribution in [0.3, 0.4) is 0 Å². The lowest BCUT2D eigenvalue weighted by molar-refractivity contribution is 0.459. The molecule has 0 bridgehead atoms. The molecular weight excluding hydrogens is 366 g/mol. The average Bonchev–Trinajstić information content (AvgIpc) is 3.28. The normalized spacial score (nSPS) is 15.5. The van der Waals surface area contributed by atoms with E-state index in [0.717, 1.165) is 30.0 Å². The molecule has 1 N–H and O–H groups in total. The average molecular weight is 391 g/mol. The minimum atomic E-state index is 0.559. The third kappa shape index (κ3) is 5.54. The number of anilines is 1. The highest BCUT2D eigenvalue weighted by Crippen LogP contribution is 2.30. The first-order chi connectivity index (χ1) is 14.3. The van der Waals surface area contributed by atoms with Crippen LogP contribution in [0.25, 0.3) is 5.65 Å². The lowest BCUT2D eigenvalue weighted by Gasteiger charge is -2.09. The van der Waals surface area contributed by atoms with Gasteiger partial charge in [0.25, 0.3) is 0 Å². The Morgan fingerprint density at radius 1 is 1.31 bits per heavy atom. The number of nitrogens with zero attached hydrogens (tertiary/aromatic N) is 6. The topological polar surface area (TPSA) is 81.6 Å². The number of ether oxygens (including phenoxy) is 1. The molecule has 1 fully saturated rings. The number of fused-ring (bicyclic) bond motifs is 1. The summed E-state index contributed by atoms with van der Waals surface area (Å²) in [7, 11) is 1.90. The standard InChI is InChI=1S/C16H18N6O.C5H7N/c1-21-11-13(10-19-21)9-17-15-8-16(23-7-5-12-2-3-12)20-14-4-6-18-22(14)15;1-2-4-6-5-3-1/h4-8,10-12,17H,2-3,9H2,1H3;1-2,4H,3,5H2. The van der Waals surface area contributed by atoms with E-state index in [1.807, 2.05) is 43.9 Å². The zero-order valence-electron chi connectivity index (χ0n) is 16.5. The highest BCUT2D eigenvalue weighted by atomic mass is 16.5. The maximum atomic E-state index is 5.64. The summed E-state index contributed by atoms with van der Waals surface area (Å²) < 4.78 is 9.18. The van der Waals surface area contributed by atoms with E-state index >= 15 is 0 Å². The summed E-state index contributed by atoms with van der Waals surface area (Å²) in [6.07, 6.45) is 18.9. The van der Waals surface area contributed by atoms with Crippen molar-refractivity contribution in [3.8, 4) is 5.88 Å². The summed E-state index contributed by atoms with van der Waals surface area (Å²) in [5, 5.41) is 11.8. The van der Waals surface area contributed by atoms with Gasteiger partial charge >= 0.3 is 0 Å². The van der Waals surface area contributed by atoms with E-state index in [2.05, 4.69) is 37.6 Å². The number of aliphatic imine (C=N–C) groups is 1. The van der Waals surface area contributed by atoms with Gasteiger partial charge in [0.2, 0.25) is 5.88 Å². The smallest absolute Gasteiger partial charge is 0.224 e. The van der Waals surface area contributed by atoms with Crippen molar-refractivity contribution in [2.45, 2.75) is 25.8 Å². The van der Waals surface area contributed by atoms with Crippen LogP contribution in [-0.2, 0) is 13.6 Å². The maximum absolute atomic E-state index is 5.64. The Hall–Kier alpha value is -3.42. The van der Waals surface area contributed by atoms with Gasteiger partial charge in [-0.3, -0.25) is 9.67 Å². The molecule has 3 aromatic heterocycles. The van der Waals surface area contributed by atoms with Crippen LogP contribution in [0.2, 0.25) is 0 Å². The summed E-state index contributed by atoms with van der Waals surface area (Å²) in [5.74, 6) is 2.07. The van der Waals surface area contributed by atoms with E-state index in [1.165, 1.54) is 12.8 Å². The van der Waals surface area contributed by atoms with Crippen LogP contribution in [0.5, 0.6) is 5.88 Å². The number of nitrogens with one attached hydrogen (secondary N) is 1. The Labute approximate surface area is 169 Å². The fraction of sp³-hybridized carbons (Fsp3) is 0.333. The van der Waals surface area contributed by atoms with Crippen molar-refractivity contribution < 1.29 is 4.74 Å². The summed E-state index contributed by atoms with van der Waals surface area (Å²) in [4.78, 5) is 8.41. The van der Waals surface area contributed by atoms with E-state index in [4.69, 9.17) is 4.74 Å². The summed E-state index contributed by atoms with van der Waals surface area (Å²) in [6.45, 7) is 1.64. The Bertz CT molecular complexity index is 1010. The predicted molar refractivity (Wildman–Crippen MR) is 113 cm³/mol. The molecule has 0 amide bonds. The molecule has 2 aliphatic rings. The fourth-order valence-electron chi connectivity index (χ4n) is 2.78. The first-order valence-corrected chi connectivity index (χ1v) is 9.82. The van der Waals surface area contributed by atoms with Gasteiger partial charge in [0, 0.05) is 50.2 Å². The van der Waals surface area contributed by atoms with Gasteiger partial charge in [0.1, 0.15) is 5.82 Å². The molecule has 0 unspecified atom stereocenters. The lowest BCUT2D eigenvalue weighted by atomic mass is 10.3. The minimum Gasteiger partial charge on any atom is -0.447 e. The van der Waals surface area contributed by atoms with Crippen molar-refractivity contribution in [1.29, 1.82) is 0 Å². The second kappa shape index (κ2) is 9.18. The Kier molecular flexibility index (Phi) is 5.99. The molecule has 0 spiro atoms. The van der Waals surface area contributed by atoms with Gasteiger partial charge in [-0.25, -0.2) is 0 Å². The third-order valence-corrected chi connectivity index (χ3v) is 4.48. The first kappa shape index (κ1) is 18.9. The van der Waals surface area contributed by atoms with Crippen LogP contribution in [0.4, 0.5) is 5.82 Å². The molecule has 0 radical (unpaired) electrons. The molecular formula is C21H25N7O. The summed E-state index contributed by atoms with van der Waals surface area (Å²) in [6, 6.07) is 3.71. The molecule has 8 heteroatoms. The van der Waals surface area contributed by atoms with Crippen LogP contribution in [0.15, 0.2) is 60.2 Å². The van der Waals surface area contributed by atoms with Crippen molar-refractivity contribution >= 4 is 17.7 Å². The molecule has 150 valence electrons. The number of aryl methyl sites for hydroxylation is 1. The largest absolute Gasteiger partial charge is 0.447 e. The van der Waals surface area contributed by atoms with Crippen LogP contribution >= 0.6 is 0 Å². The third-order valence-electron chi connectivity index (χ3n) is 4.48. The molecule has 0 aromatic carbocycles. The fourth-order valence-corrected chi connectivity index (χ4v) is 2.78. The van der Waals surface area contributed by atoms with E-state index in [9.17, 15) is 0 Å². The summed E-state index contributed by atoms with van der Waals surface area (Å²) in [5.41, 5.74) is 1.84. The van der Waals surface area contributed by atoms with Gasteiger partial charge in [-0.1, -0.05) is 6.08 Å². The van der Waals surface area contributed by atoms with Crippen LogP contribution in [0.1, 0.15) is 24.8 Å². The number of dihydropyridines is 1. The predicted octanol–water partition coefficient (Wildman–Crippen LogP) is 3.39. The van der Waals surface area contributed by atoms with Crippen molar-refractivity contribution in [3.63, 3.8) is 0 Å². The molecule has 4 heterocycles. The van der Waals surface area contributed by atoms with Gasteiger partial charge in [0.15, 0.2) is 5.65 Å². The van der Waals surface area contributed by atoms with E-state index in [-0.39, 0.29) is 0 Å². The van der Waals surface area contributed by atoms with E-state index < -0.39 is 0 Å².